The monoisotopic (exact) mass is 261 g/mol. The number of hydrogen-bond donors (Lipinski definition) is 2. The Labute approximate surface area is 105 Å². The Hall–Kier alpha value is -0.170. The molecule has 6 heteroatoms. The van der Waals surface area contributed by atoms with E-state index in [1.807, 2.05) is 14.0 Å². The van der Waals surface area contributed by atoms with Crippen LogP contribution < -0.4 is 5.32 Å². The minimum Gasteiger partial charge on any atom is -0.394 e. The molecule has 0 amide bonds. The number of rotatable bonds is 8. The van der Waals surface area contributed by atoms with Gasteiger partial charge in [0.05, 0.1) is 6.61 Å². The van der Waals surface area contributed by atoms with Crippen molar-refractivity contribution in [1.82, 2.24) is 15.5 Å². The van der Waals surface area contributed by atoms with Gasteiger partial charge < -0.3 is 10.4 Å². The van der Waals surface area contributed by atoms with E-state index in [2.05, 4.69) is 15.5 Å². The molecule has 0 bridgehead atoms. The third-order valence-electron chi connectivity index (χ3n) is 2.64. The predicted molar refractivity (Wildman–Crippen MR) is 69.0 cm³/mol. The first-order valence-electron chi connectivity index (χ1n) is 5.39. The average molecular weight is 261 g/mol. The molecule has 4 nitrogen and oxygen atoms in total. The number of nitrogens with one attached hydrogen (secondary N) is 1. The van der Waals surface area contributed by atoms with Crippen molar-refractivity contribution in [3.63, 3.8) is 0 Å². The van der Waals surface area contributed by atoms with E-state index < -0.39 is 0 Å². The second kappa shape index (κ2) is 7.21. The van der Waals surface area contributed by atoms with Crippen LogP contribution in [0.5, 0.6) is 0 Å². The number of thioether (sulfide) groups is 1. The summed E-state index contributed by atoms with van der Waals surface area (Å²) in [7, 11) is 1.90. The Morgan fingerprint density at radius 3 is 2.94 bits per heavy atom. The Morgan fingerprint density at radius 1 is 1.56 bits per heavy atom. The summed E-state index contributed by atoms with van der Waals surface area (Å²) in [4.78, 5) is 0. The van der Waals surface area contributed by atoms with Crippen LogP contribution in [0.3, 0.4) is 0 Å². The Bertz CT molecular complexity index is 276. The zero-order chi connectivity index (χ0) is 11.9. The number of aromatic nitrogens is 2. The van der Waals surface area contributed by atoms with Crippen molar-refractivity contribution in [2.24, 2.45) is 0 Å². The van der Waals surface area contributed by atoms with Crippen molar-refractivity contribution in [2.75, 3.05) is 19.4 Å². The number of aliphatic hydroxyl groups is 1. The van der Waals surface area contributed by atoms with Gasteiger partial charge in [0.1, 0.15) is 5.51 Å². The van der Waals surface area contributed by atoms with Crippen LogP contribution in [-0.4, -0.2) is 40.3 Å². The maximum absolute atomic E-state index is 9.21. The van der Waals surface area contributed by atoms with Crippen molar-refractivity contribution < 1.29 is 5.11 Å². The van der Waals surface area contributed by atoms with E-state index in [1.54, 1.807) is 28.6 Å². The molecule has 1 aromatic rings. The topological polar surface area (TPSA) is 58.0 Å². The van der Waals surface area contributed by atoms with Gasteiger partial charge >= 0.3 is 0 Å². The molecule has 16 heavy (non-hydrogen) atoms. The zero-order valence-electron chi connectivity index (χ0n) is 9.77. The molecule has 1 atom stereocenters. The van der Waals surface area contributed by atoms with Crippen molar-refractivity contribution in [3.8, 4) is 0 Å². The van der Waals surface area contributed by atoms with Gasteiger partial charge in [-0.3, -0.25) is 0 Å². The van der Waals surface area contributed by atoms with Crippen LogP contribution in [0.25, 0.3) is 0 Å². The lowest BCUT2D eigenvalue weighted by Crippen LogP contribution is -2.43. The van der Waals surface area contributed by atoms with Crippen molar-refractivity contribution in [1.29, 1.82) is 0 Å². The van der Waals surface area contributed by atoms with E-state index in [4.69, 9.17) is 0 Å². The van der Waals surface area contributed by atoms with E-state index in [1.165, 1.54) is 0 Å². The van der Waals surface area contributed by atoms with E-state index in [9.17, 15) is 5.11 Å². The fourth-order valence-corrected chi connectivity index (χ4v) is 2.84. The van der Waals surface area contributed by atoms with Gasteiger partial charge in [-0.1, -0.05) is 29.5 Å². The molecule has 0 radical (unpaired) electrons. The molecule has 0 saturated carbocycles. The molecular weight excluding hydrogens is 242 g/mol. The highest BCUT2D eigenvalue weighted by atomic mass is 32.2. The highest BCUT2D eigenvalue weighted by Crippen LogP contribution is 2.21. The highest BCUT2D eigenvalue weighted by molar-refractivity contribution is 8.00. The second-order valence-electron chi connectivity index (χ2n) is 3.98. The van der Waals surface area contributed by atoms with E-state index in [0.717, 1.165) is 29.4 Å². The summed E-state index contributed by atoms with van der Waals surface area (Å²) in [6.07, 6.45) is 3.25. The number of unbranched alkanes of at least 4 members (excludes halogenated alkanes) is 1. The van der Waals surface area contributed by atoms with Gasteiger partial charge in [-0.25, -0.2) is 0 Å². The van der Waals surface area contributed by atoms with Crippen LogP contribution in [0.1, 0.15) is 26.2 Å². The molecule has 92 valence electrons. The minimum atomic E-state index is -0.132. The van der Waals surface area contributed by atoms with Gasteiger partial charge in [0.2, 0.25) is 0 Å². The lowest BCUT2D eigenvalue weighted by atomic mass is 9.96. The van der Waals surface area contributed by atoms with Crippen molar-refractivity contribution in [3.05, 3.63) is 5.51 Å². The van der Waals surface area contributed by atoms with Gasteiger partial charge in [-0.2, -0.15) is 0 Å². The Kier molecular flexibility index (Phi) is 6.26. The van der Waals surface area contributed by atoms with Crippen LogP contribution in [0, 0.1) is 0 Å². The fourth-order valence-electron chi connectivity index (χ4n) is 1.29. The molecule has 0 saturated heterocycles. The normalized spacial score (nSPS) is 14.9. The number of likely N-dealkylation sites (N-methyl/N-ethyl adjacent to an activating group) is 1. The summed E-state index contributed by atoms with van der Waals surface area (Å²) in [5, 5.41) is 20.1. The lowest BCUT2D eigenvalue weighted by molar-refractivity contribution is 0.171. The minimum absolute atomic E-state index is 0.132. The number of aliphatic hydroxyl groups excluding tert-OH is 1. The number of nitrogens with zero attached hydrogens (tertiary/aromatic N) is 2. The molecule has 0 aromatic carbocycles. The van der Waals surface area contributed by atoms with Crippen LogP contribution >= 0.6 is 23.1 Å². The van der Waals surface area contributed by atoms with E-state index in [0.29, 0.717) is 0 Å². The van der Waals surface area contributed by atoms with Gasteiger partial charge in [0.25, 0.3) is 0 Å². The molecular formula is C10H19N3OS2. The second-order valence-corrected chi connectivity index (χ2v) is 6.15. The fraction of sp³-hybridized carbons (Fsp3) is 0.800. The first-order chi connectivity index (χ1) is 7.70. The summed E-state index contributed by atoms with van der Waals surface area (Å²) in [6.45, 7) is 2.23. The molecule has 1 aromatic heterocycles. The van der Waals surface area contributed by atoms with Crippen LogP contribution in [0.15, 0.2) is 9.85 Å². The van der Waals surface area contributed by atoms with Gasteiger partial charge in [-0.05, 0) is 26.8 Å². The SMILES string of the molecule is CNC(C)(CO)CCCCSc1nncs1. The Morgan fingerprint density at radius 2 is 2.38 bits per heavy atom. The van der Waals surface area contributed by atoms with E-state index >= 15 is 0 Å². The maximum Gasteiger partial charge on any atom is 0.174 e. The molecule has 0 aliphatic rings. The summed E-state index contributed by atoms with van der Waals surface area (Å²) >= 11 is 3.34. The third-order valence-corrected chi connectivity index (χ3v) is 4.59. The van der Waals surface area contributed by atoms with Gasteiger partial charge in [0, 0.05) is 11.3 Å². The molecule has 0 fully saturated rings. The van der Waals surface area contributed by atoms with Crippen LogP contribution in [-0.2, 0) is 0 Å². The standard InChI is InChI=1S/C10H19N3OS2/c1-10(7-14,11-2)5-3-4-6-15-9-13-12-8-16-9/h8,11,14H,3-7H2,1-2H3. The Balaban J connectivity index is 2.08. The molecule has 0 aliphatic heterocycles. The average Bonchev–Trinajstić information content (AvgIpc) is 2.81. The molecule has 1 heterocycles. The quantitative estimate of drug-likeness (QED) is 0.552. The number of hydrogen-bond acceptors (Lipinski definition) is 6. The smallest absolute Gasteiger partial charge is 0.174 e. The molecule has 1 unspecified atom stereocenters. The first kappa shape index (κ1) is 13.9. The molecule has 0 aliphatic carbocycles. The van der Waals surface area contributed by atoms with Gasteiger partial charge in [0.15, 0.2) is 4.34 Å². The summed E-state index contributed by atoms with van der Waals surface area (Å²) in [5.41, 5.74) is 1.62. The summed E-state index contributed by atoms with van der Waals surface area (Å²) < 4.78 is 1.04. The largest absolute Gasteiger partial charge is 0.394 e. The van der Waals surface area contributed by atoms with Crippen molar-refractivity contribution >= 4 is 23.1 Å². The first-order valence-corrected chi connectivity index (χ1v) is 7.25. The molecule has 0 spiro atoms. The zero-order valence-corrected chi connectivity index (χ0v) is 11.4. The summed E-state index contributed by atoms with van der Waals surface area (Å²) in [6, 6.07) is 0. The predicted octanol–water partition coefficient (Wildman–Crippen LogP) is 1.77. The van der Waals surface area contributed by atoms with Crippen molar-refractivity contribution in [2.45, 2.75) is 36.1 Å². The maximum atomic E-state index is 9.21. The molecule has 2 N–H and O–H groups in total. The lowest BCUT2D eigenvalue weighted by Gasteiger charge is -2.26. The van der Waals surface area contributed by atoms with Gasteiger partial charge in [-0.15, -0.1) is 10.2 Å². The highest BCUT2D eigenvalue weighted by Gasteiger charge is 2.19. The van der Waals surface area contributed by atoms with E-state index in [-0.39, 0.29) is 12.1 Å². The van der Waals surface area contributed by atoms with Crippen LogP contribution in [0.2, 0.25) is 0 Å². The van der Waals surface area contributed by atoms with Crippen LogP contribution in [0.4, 0.5) is 0 Å². The third kappa shape index (κ3) is 4.78. The molecule has 1 rings (SSSR count). The summed E-state index contributed by atoms with van der Waals surface area (Å²) in [5.74, 6) is 1.07.